The van der Waals surface area contributed by atoms with Gasteiger partial charge in [0.25, 0.3) is 8.32 Å². The van der Waals surface area contributed by atoms with E-state index in [2.05, 4.69) is 123 Å². The molecule has 0 N–H and O–H groups in total. The van der Waals surface area contributed by atoms with Crippen LogP contribution < -0.4 is 15.1 Å². The number of rotatable bonds is 25. The predicted octanol–water partition coefficient (Wildman–Crippen LogP) is 12.7. The summed E-state index contributed by atoms with van der Waals surface area (Å²) in [5.41, 5.74) is 3.01. The van der Waals surface area contributed by atoms with Crippen molar-refractivity contribution in [3.8, 4) is 5.75 Å². The Bertz CT molecular complexity index is 2450. The highest BCUT2D eigenvalue weighted by Crippen LogP contribution is 2.43. The lowest BCUT2D eigenvalue weighted by molar-refractivity contribution is -0.297. The number of nitrogens with zero attached hydrogens (tertiary/aromatic N) is 1. The molecule has 0 spiro atoms. The van der Waals surface area contributed by atoms with Gasteiger partial charge in [-0.2, -0.15) is 0 Å². The molecule has 3 aromatic carbocycles. The van der Waals surface area contributed by atoms with E-state index in [-0.39, 0.29) is 60.3 Å². The number of hydrogen-bond acceptors (Lipinski definition) is 12. The summed E-state index contributed by atoms with van der Waals surface area (Å²) in [5.74, 6) is 0.0900. The molecule has 0 amide bonds. The number of aromatic nitrogens is 1. The third-order valence-corrected chi connectivity index (χ3v) is 25.9. The monoisotopic (exact) mass is 1100 g/mol. The minimum Gasteiger partial charge on any atom is -0.497 e. The van der Waals surface area contributed by atoms with Crippen LogP contribution in [0.25, 0.3) is 6.08 Å². The lowest BCUT2D eigenvalue weighted by atomic mass is 9.79. The van der Waals surface area contributed by atoms with E-state index in [0.717, 1.165) is 57.4 Å². The molecule has 2 aliphatic heterocycles. The maximum atomic E-state index is 13.1. The molecular weight excluding hydrogens is 1000 g/mol. The van der Waals surface area contributed by atoms with Gasteiger partial charge in [0.1, 0.15) is 24.3 Å². The number of esters is 1. The smallest absolute Gasteiger partial charge is 0.311 e. The second kappa shape index (κ2) is 27.3. The zero-order chi connectivity index (χ0) is 56.2. The van der Waals surface area contributed by atoms with Gasteiger partial charge in [-0.3, -0.25) is 4.79 Å². The van der Waals surface area contributed by atoms with E-state index >= 15 is 0 Å². The largest absolute Gasteiger partial charge is 0.497 e. The Morgan fingerprint density at radius 2 is 1.48 bits per heavy atom. The summed E-state index contributed by atoms with van der Waals surface area (Å²) < 4.78 is 66.1. The van der Waals surface area contributed by atoms with Crippen molar-refractivity contribution in [2.75, 3.05) is 34.5 Å². The quantitative estimate of drug-likeness (QED) is 0.0271. The van der Waals surface area contributed by atoms with E-state index < -0.39 is 40.0 Å². The molecule has 0 radical (unpaired) electrons. The number of ether oxygens (including phenoxy) is 7. The fraction of sp³-hybridized carbons (Fsp3) is 0.587. The van der Waals surface area contributed by atoms with Crippen molar-refractivity contribution in [2.24, 2.45) is 17.3 Å². The first-order valence-electron chi connectivity index (χ1n) is 28.1. The van der Waals surface area contributed by atoms with Crippen LogP contribution in [-0.2, 0) is 55.1 Å². The SMILES string of the molecule is CC[Si](CC)(CC)O[C@H]1[C@@H](C)[C@@H](CCOCc2ccc(OC)cc2)O[C@@H](/C(C)=C/c2coc(C[C@]3(OC)C[C@H](OC)C[C@H]([C@@H](/C=C(\C)COC(=O)C(C)(C)C)O[Si](c4ccccc4)(c4ccccc4)C(C)(C)C)O3)n2)[C@@H]1C. The van der Waals surface area contributed by atoms with Crippen molar-refractivity contribution in [3.05, 3.63) is 126 Å². The average molecular weight is 1100 g/mol. The molecule has 2 saturated heterocycles. The number of methoxy groups -OCH3 is 3. The molecule has 77 heavy (non-hydrogen) atoms. The average Bonchev–Trinajstić information content (AvgIpc) is 3.89. The Morgan fingerprint density at radius 1 is 0.857 bits per heavy atom. The molecule has 0 aliphatic carbocycles. The van der Waals surface area contributed by atoms with Crippen LogP contribution in [0.5, 0.6) is 5.75 Å². The van der Waals surface area contributed by atoms with Gasteiger partial charge in [0.15, 0.2) is 20.0 Å². The van der Waals surface area contributed by atoms with Crippen molar-refractivity contribution in [3.63, 3.8) is 0 Å². The summed E-state index contributed by atoms with van der Waals surface area (Å²) in [5, 5.41) is 1.93. The molecule has 3 heterocycles. The van der Waals surface area contributed by atoms with Gasteiger partial charge >= 0.3 is 5.97 Å². The summed E-state index contributed by atoms with van der Waals surface area (Å²) >= 11 is 0. The predicted molar refractivity (Wildman–Crippen MR) is 311 cm³/mol. The lowest BCUT2D eigenvalue weighted by Crippen LogP contribution is -2.69. The van der Waals surface area contributed by atoms with Gasteiger partial charge in [-0.25, -0.2) is 4.98 Å². The minimum atomic E-state index is -3.17. The fourth-order valence-electron chi connectivity index (χ4n) is 11.4. The van der Waals surface area contributed by atoms with Crippen LogP contribution in [0.1, 0.15) is 126 Å². The minimum absolute atomic E-state index is 0.0244. The van der Waals surface area contributed by atoms with E-state index in [0.29, 0.717) is 37.6 Å². The van der Waals surface area contributed by atoms with E-state index in [1.807, 2.05) is 64.1 Å². The summed E-state index contributed by atoms with van der Waals surface area (Å²) in [6.45, 7) is 29.1. The highest BCUT2D eigenvalue weighted by Gasteiger charge is 2.54. The standard InChI is InChI=1S/C63H93NO11Si2/c1-17-76(18-2,19-3)75-59-46(6)54(34-35-69-42-48-30-32-50(66-14)33-31-48)72-58(47(59)7)45(5)37-49-43-70-57(64-49)40-63(68-16)39-51(67-15)38-55(73-63)56(36-44(4)41-71-60(65)61(8,9)10)74-77(62(11,12)13,52-26-22-20-23-27-52)53-28-24-21-25-29-53/h20-33,36-37,43,46-47,51,54-56,58-59H,17-19,34-35,38-42H2,1-16H3/b44-36+,45-37+/t46-,47-,51+,54+,55+,56+,58-,59-,63-/m0/s1. The normalized spacial score (nSPS) is 24.4. The molecule has 0 saturated carbocycles. The topological polar surface area (TPSA) is 126 Å². The van der Waals surface area contributed by atoms with Crippen molar-refractivity contribution < 1.29 is 51.2 Å². The molecule has 0 bridgehead atoms. The summed E-state index contributed by atoms with van der Waals surface area (Å²) in [4.78, 5) is 18.1. The third-order valence-electron chi connectivity index (χ3n) is 16.2. The van der Waals surface area contributed by atoms with Crippen LogP contribution in [0.4, 0.5) is 0 Å². The van der Waals surface area contributed by atoms with Crippen LogP contribution in [0.15, 0.2) is 113 Å². The summed E-state index contributed by atoms with van der Waals surface area (Å²) in [6, 6.07) is 32.4. The molecular formula is C63H93NO11Si2. The number of carbonyl (C=O) groups is 1. The Morgan fingerprint density at radius 3 is 2.03 bits per heavy atom. The molecule has 0 unspecified atom stereocenters. The van der Waals surface area contributed by atoms with Crippen LogP contribution in [0.2, 0.25) is 23.2 Å². The number of hydrogen-bond donors (Lipinski definition) is 0. The maximum Gasteiger partial charge on any atom is 0.311 e. The highest BCUT2D eigenvalue weighted by molar-refractivity contribution is 6.99. The van der Waals surface area contributed by atoms with Crippen LogP contribution >= 0.6 is 0 Å². The van der Waals surface area contributed by atoms with Gasteiger partial charge < -0.3 is 46.4 Å². The van der Waals surface area contributed by atoms with Gasteiger partial charge in [0, 0.05) is 45.5 Å². The maximum absolute atomic E-state index is 13.1. The Balaban J connectivity index is 1.30. The number of carbonyl (C=O) groups excluding carboxylic acids is 1. The van der Waals surface area contributed by atoms with Gasteiger partial charge in [0.2, 0.25) is 0 Å². The number of benzene rings is 3. The lowest BCUT2D eigenvalue weighted by Gasteiger charge is -2.49. The van der Waals surface area contributed by atoms with E-state index in [1.54, 1.807) is 27.6 Å². The van der Waals surface area contributed by atoms with Crippen molar-refractivity contribution in [1.82, 2.24) is 4.98 Å². The molecule has 2 aliphatic rings. The van der Waals surface area contributed by atoms with E-state index in [4.69, 9.17) is 51.4 Å². The molecule has 2 fully saturated rings. The van der Waals surface area contributed by atoms with Crippen molar-refractivity contribution in [2.45, 2.75) is 188 Å². The summed E-state index contributed by atoms with van der Waals surface area (Å²) in [6.07, 6.45) is 6.07. The van der Waals surface area contributed by atoms with Gasteiger partial charge in [-0.15, -0.1) is 0 Å². The number of oxazole rings is 1. The Hall–Kier alpha value is -4.23. The first-order chi connectivity index (χ1) is 36.6. The van der Waals surface area contributed by atoms with Crippen LogP contribution in [-0.4, -0.2) is 105 Å². The highest BCUT2D eigenvalue weighted by atomic mass is 28.4. The van der Waals surface area contributed by atoms with Gasteiger partial charge in [0.05, 0.1) is 62.2 Å². The first-order valence-corrected chi connectivity index (χ1v) is 32.6. The van der Waals surface area contributed by atoms with Crippen LogP contribution in [0, 0.1) is 17.3 Å². The first kappa shape index (κ1) is 62.0. The molecule has 12 nitrogen and oxygen atoms in total. The van der Waals surface area contributed by atoms with Gasteiger partial charge in [-0.05, 0) is 110 Å². The van der Waals surface area contributed by atoms with Gasteiger partial charge in [-0.1, -0.05) is 134 Å². The van der Waals surface area contributed by atoms with Crippen LogP contribution in [0.3, 0.4) is 0 Å². The molecule has 424 valence electrons. The fourth-order valence-corrected chi connectivity index (χ4v) is 19.0. The van der Waals surface area contributed by atoms with Crippen molar-refractivity contribution >= 4 is 39.1 Å². The Labute approximate surface area is 464 Å². The zero-order valence-electron chi connectivity index (χ0n) is 49.4. The molecule has 6 rings (SSSR count). The molecule has 9 atom stereocenters. The zero-order valence-corrected chi connectivity index (χ0v) is 51.4. The second-order valence-corrected chi connectivity index (χ2v) is 32.7. The summed E-state index contributed by atoms with van der Waals surface area (Å²) in [7, 11) is -0.0621. The second-order valence-electron chi connectivity index (χ2n) is 23.7. The molecule has 4 aromatic rings. The third kappa shape index (κ3) is 15.4. The van der Waals surface area contributed by atoms with E-state index in [1.165, 1.54) is 0 Å². The Kier molecular flexibility index (Phi) is 22.0. The van der Waals surface area contributed by atoms with Crippen molar-refractivity contribution in [1.29, 1.82) is 0 Å². The molecule has 1 aromatic heterocycles. The molecule has 14 heteroatoms. The van der Waals surface area contributed by atoms with E-state index in [9.17, 15) is 4.79 Å².